The van der Waals surface area contributed by atoms with Crippen LogP contribution in [-0.2, 0) is 15.5 Å². The van der Waals surface area contributed by atoms with Crippen molar-refractivity contribution in [3.8, 4) is 0 Å². The zero-order chi connectivity index (χ0) is 5.98. The molecule has 0 bridgehead atoms. The van der Waals surface area contributed by atoms with E-state index in [4.69, 9.17) is 4.74 Å². The predicted molar refractivity (Wildman–Crippen MR) is 32.9 cm³/mol. The lowest BCUT2D eigenvalue weighted by atomic mass is 10.5. The number of rotatable bonds is 3. The van der Waals surface area contributed by atoms with Crippen molar-refractivity contribution in [3.63, 3.8) is 0 Å². The lowest BCUT2D eigenvalue weighted by Gasteiger charge is -1.91. The largest absolute Gasteiger partial charge is 0.501 e. The van der Waals surface area contributed by atoms with Crippen LogP contribution in [-0.4, -0.2) is 21.8 Å². The Labute approximate surface area is 51.0 Å². The molecule has 0 aromatic rings. The first-order valence-corrected chi connectivity index (χ1v) is 3.82. The fraction of sp³-hybridized carbons (Fsp3) is 0.600. The van der Waals surface area contributed by atoms with Gasteiger partial charge < -0.3 is 4.74 Å². The summed E-state index contributed by atoms with van der Waals surface area (Å²) in [6, 6.07) is 0. The van der Waals surface area contributed by atoms with Gasteiger partial charge in [-0.1, -0.05) is 6.58 Å². The van der Waals surface area contributed by atoms with Gasteiger partial charge in [0.1, 0.15) is 6.61 Å². The third-order valence-electron chi connectivity index (χ3n) is 1.01. The molecule has 1 fully saturated rings. The molecule has 46 valence electrons. The van der Waals surface area contributed by atoms with Gasteiger partial charge in [0, 0.05) is 16.6 Å². The van der Waals surface area contributed by atoms with Crippen molar-refractivity contribution in [2.75, 3.05) is 12.4 Å². The SMILES string of the molecule is C=COCC1CS1=O. The van der Waals surface area contributed by atoms with Gasteiger partial charge in [0.2, 0.25) is 0 Å². The van der Waals surface area contributed by atoms with Gasteiger partial charge in [-0.25, -0.2) is 0 Å². The Morgan fingerprint density at radius 1 is 2.00 bits per heavy atom. The van der Waals surface area contributed by atoms with Crippen LogP contribution in [0.25, 0.3) is 0 Å². The van der Waals surface area contributed by atoms with Crippen molar-refractivity contribution >= 4 is 10.8 Å². The summed E-state index contributed by atoms with van der Waals surface area (Å²) in [5, 5.41) is 0.299. The third kappa shape index (κ3) is 1.33. The summed E-state index contributed by atoms with van der Waals surface area (Å²) in [6.45, 7) is 3.94. The minimum atomic E-state index is -0.573. The van der Waals surface area contributed by atoms with Crippen molar-refractivity contribution in [1.29, 1.82) is 0 Å². The Hall–Kier alpha value is -0.310. The fourth-order valence-electron chi connectivity index (χ4n) is 0.443. The first-order chi connectivity index (χ1) is 3.84. The van der Waals surface area contributed by atoms with Gasteiger partial charge in [-0.2, -0.15) is 0 Å². The Morgan fingerprint density at radius 3 is 3.00 bits per heavy atom. The molecule has 2 nitrogen and oxygen atoms in total. The second-order valence-electron chi connectivity index (χ2n) is 1.67. The van der Waals surface area contributed by atoms with Crippen molar-refractivity contribution in [2.45, 2.75) is 5.25 Å². The van der Waals surface area contributed by atoms with Gasteiger partial charge in [0.15, 0.2) is 0 Å². The molecule has 2 atom stereocenters. The maximum absolute atomic E-state index is 10.4. The van der Waals surface area contributed by atoms with E-state index in [1.54, 1.807) is 0 Å². The highest BCUT2D eigenvalue weighted by molar-refractivity contribution is 7.93. The number of ether oxygens (including phenoxy) is 1. The molecular weight excluding hydrogens is 124 g/mol. The van der Waals surface area contributed by atoms with Gasteiger partial charge in [-0.3, -0.25) is 4.21 Å². The molecule has 1 aliphatic rings. The molecule has 0 aromatic heterocycles. The zero-order valence-corrected chi connectivity index (χ0v) is 5.32. The highest BCUT2D eigenvalue weighted by atomic mass is 32.2. The first kappa shape index (κ1) is 5.82. The van der Waals surface area contributed by atoms with E-state index in [-0.39, 0.29) is 0 Å². The molecule has 1 rings (SSSR count). The molecule has 3 heteroatoms. The van der Waals surface area contributed by atoms with Crippen LogP contribution >= 0.6 is 0 Å². The highest BCUT2D eigenvalue weighted by Crippen LogP contribution is 2.14. The molecule has 1 heterocycles. The van der Waals surface area contributed by atoms with E-state index < -0.39 is 10.8 Å². The topological polar surface area (TPSA) is 26.3 Å². The summed E-state index contributed by atoms with van der Waals surface area (Å²) in [6.07, 6.45) is 1.38. The Kier molecular flexibility index (Phi) is 1.68. The van der Waals surface area contributed by atoms with Crippen molar-refractivity contribution in [2.24, 2.45) is 0 Å². The van der Waals surface area contributed by atoms with Crippen LogP contribution in [0, 0.1) is 0 Å². The molecule has 0 aliphatic carbocycles. The van der Waals surface area contributed by atoms with Gasteiger partial charge >= 0.3 is 0 Å². The smallest absolute Gasteiger partial charge is 0.103 e. The second-order valence-corrected chi connectivity index (χ2v) is 3.43. The Balaban J connectivity index is 2.05. The average Bonchev–Trinajstić information content (AvgIpc) is 2.42. The Bertz CT molecular complexity index is 122. The maximum atomic E-state index is 10.4. The van der Waals surface area contributed by atoms with Crippen molar-refractivity contribution in [1.82, 2.24) is 0 Å². The van der Waals surface area contributed by atoms with Crippen LogP contribution in [0.2, 0.25) is 0 Å². The fourth-order valence-corrected chi connectivity index (χ4v) is 1.22. The summed E-state index contributed by atoms with van der Waals surface area (Å²) in [5.41, 5.74) is 0. The maximum Gasteiger partial charge on any atom is 0.103 e. The van der Waals surface area contributed by atoms with Crippen LogP contribution < -0.4 is 0 Å². The molecule has 2 unspecified atom stereocenters. The van der Waals surface area contributed by atoms with Gasteiger partial charge in [0.05, 0.1) is 11.5 Å². The summed E-state index contributed by atoms with van der Waals surface area (Å²) < 4.78 is 15.2. The molecule has 0 amide bonds. The van der Waals surface area contributed by atoms with E-state index in [0.717, 1.165) is 5.75 Å². The third-order valence-corrected chi connectivity index (χ3v) is 2.36. The van der Waals surface area contributed by atoms with E-state index in [0.29, 0.717) is 11.9 Å². The summed E-state index contributed by atoms with van der Waals surface area (Å²) in [4.78, 5) is 0. The van der Waals surface area contributed by atoms with Crippen molar-refractivity contribution < 1.29 is 8.95 Å². The summed E-state index contributed by atoms with van der Waals surface area (Å²) in [7, 11) is -0.573. The normalized spacial score (nSPS) is 34.0. The van der Waals surface area contributed by atoms with Gasteiger partial charge in [0.25, 0.3) is 0 Å². The van der Waals surface area contributed by atoms with Crippen molar-refractivity contribution in [3.05, 3.63) is 12.8 Å². The lowest BCUT2D eigenvalue weighted by Crippen LogP contribution is -1.95. The first-order valence-electron chi connectivity index (χ1n) is 2.44. The second kappa shape index (κ2) is 2.31. The van der Waals surface area contributed by atoms with E-state index in [9.17, 15) is 4.21 Å². The van der Waals surface area contributed by atoms with Crippen LogP contribution in [0.15, 0.2) is 12.8 Å². The molecule has 1 saturated heterocycles. The molecule has 0 spiro atoms. The van der Waals surface area contributed by atoms with Gasteiger partial charge in [-0.15, -0.1) is 0 Å². The zero-order valence-electron chi connectivity index (χ0n) is 4.50. The van der Waals surface area contributed by atoms with Crippen LogP contribution in [0.1, 0.15) is 0 Å². The molecule has 0 radical (unpaired) electrons. The average molecular weight is 132 g/mol. The van der Waals surface area contributed by atoms with Crippen LogP contribution in [0.4, 0.5) is 0 Å². The number of hydrogen-bond donors (Lipinski definition) is 0. The number of hydrogen-bond acceptors (Lipinski definition) is 2. The predicted octanol–water partition coefficient (Wildman–Crippen LogP) is 0.277. The molecular formula is C5H8O2S. The minimum Gasteiger partial charge on any atom is -0.501 e. The Morgan fingerprint density at radius 2 is 2.62 bits per heavy atom. The standard InChI is InChI=1S/C5H8O2S/c1-2-7-3-5-4-8(5)6/h2,5H,1,3-4H2. The van der Waals surface area contributed by atoms with Crippen LogP contribution in [0.3, 0.4) is 0 Å². The van der Waals surface area contributed by atoms with Crippen LogP contribution in [0.5, 0.6) is 0 Å². The molecule has 1 aliphatic heterocycles. The molecule has 0 aromatic carbocycles. The minimum absolute atomic E-state index is 0.299. The summed E-state index contributed by atoms with van der Waals surface area (Å²) in [5.74, 6) is 0.813. The summed E-state index contributed by atoms with van der Waals surface area (Å²) >= 11 is 0. The monoisotopic (exact) mass is 132 g/mol. The van der Waals surface area contributed by atoms with E-state index in [1.165, 1.54) is 6.26 Å². The molecule has 0 saturated carbocycles. The highest BCUT2D eigenvalue weighted by Gasteiger charge is 2.32. The van der Waals surface area contributed by atoms with Gasteiger partial charge in [-0.05, 0) is 0 Å². The van der Waals surface area contributed by atoms with E-state index >= 15 is 0 Å². The molecule has 8 heavy (non-hydrogen) atoms. The quantitative estimate of drug-likeness (QED) is 0.407. The molecule has 0 N–H and O–H groups in total. The lowest BCUT2D eigenvalue weighted by molar-refractivity contribution is 0.261. The van der Waals surface area contributed by atoms with E-state index in [2.05, 4.69) is 6.58 Å². The van der Waals surface area contributed by atoms with E-state index in [1.807, 2.05) is 0 Å².